The highest BCUT2D eigenvalue weighted by Crippen LogP contribution is 2.08. The van der Waals surface area contributed by atoms with Gasteiger partial charge < -0.3 is 16.4 Å². The van der Waals surface area contributed by atoms with Crippen molar-refractivity contribution in [3.05, 3.63) is 0 Å². The van der Waals surface area contributed by atoms with E-state index in [1.165, 1.54) is 0 Å². The molecule has 0 aromatic carbocycles. The molecule has 0 aromatic heterocycles. The van der Waals surface area contributed by atoms with Gasteiger partial charge in [0.05, 0.1) is 0 Å². The lowest BCUT2D eigenvalue weighted by atomic mass is 10.1. The number of rotatable bonds is 4. The smallest absolute Gasteiger partial charge is 0.241 e. The summed E-state index contributed by atoms with van der Waals surface area (Å²) >= 11 is 0. The molecule has 1 unspecified atom stereocenters. The number of primary amides is 1. The largest absolute Gasteiger partial charge is 0.370 e. The molecule has 68 valence electrons. The molecular weight excluding hydrogens is 158 g/mol. The summed E-state index contributed by atoms with van der Waals surface area (Å²) in [5.74, 6) is -0.355. The first-order valence-corrected chi connectivity index (χ1v) is 3.94. The minimum atomic E-state index is -0.327. The van der Waals surface area contributed by atoms with Crippen LogP contribution in [0.15, 0.2) is 0 Å². The van der Waals surface area contributed by atoms with Gasteiger partial charge in [-0.15, -0.1) is 0 Å². The number of β-lactam (4-membered cyclic amide) rings is 1. The minimum absolute atomic E-state index is 0.0283. The zero-order valence-corrected chi connectivity index (χ0v) is 6.82. The summed E-state index contributed by atoms with van der Waals surface area (Å²) in [5.41, 5.74) is 10.3. The summed E-state index contributed by atoms with van der Waals surface area (Å²) in [6, 6.07) is -0.321. The SMILES string of the molecule is NC(=O)CCCN1CC(N)C1=O. The fraction of sp³-hybridized carbons (Fsp3) is 0.714. The van der Waals surface area contributed by atoms with Gasteiger partial charge in [0.2, 0.25) is 11.8 Å². The van der Waals surface area contributed by atoms with Gasteiger partial charge in [0.15, 0.2) is 0 Å². The van der Waals surface area contributed by atoms with E-state index in [2.05, 4.69) is 0 Å². The molecule has 0 bridgehead atoms. The van der Waals surface area contributed by atoms with Crippen LogP contribution in [-0.4, -0.2) is 35.8 Å². The van der Waals surface area contributed by atoms with E-state index in [4.69, 9.17) is 11.5 Å². The van der Waals surface area contributed by atoms with Gasteiger partial charge in [-0.25, -0.2) is 0 Å². The van der Waals surface area contributed by atoms with Gasteiger partial charge in [0, 0.05) is 19.5 Å². The maximum atomic E-state index is 10.9. The first kappa shape index (κ1) is 8.99. The Morgan fingerprint density at radius 2 is 2.33 bits per heavy atom. The zero-order valence-electron chi connectivity index (χ0n) is 6.82. The van der Waals surface area contributed by atoms with E-state index in [1.807, 2.05) is 0 Å². The number of nitrogens with two attached hydrogens (primary N) is 2. The molecule has 1 fully saturated rings. The van der Waals surface area contributed by atoms with Crippen molar-refractivity contribution in [2.75, 3.05) is 13.1 Å². The molecule has 12 heavy (non-hydrogen) atoms. The third-order valence-electron chi connectivity index (χ3n) is 1.90. The molecule has 1 rings (SSSR count). The third kappa shape index (κ3) is 1.94. The number of likely N-dealkylation sites (tertiary alicyclic amines) is 1. The zero-order chi connectivity index (χ0) is 9.14. The highest BCUT2D eigenvalue weighted by Gasteiger charge is 2.32. The Morgan fingerprint density at radius 3 is 2.75 bits per heavy atom. The van der Waals surface area contributed by atoms with E-state index in [9.17, 15) is 9.59 Å². The molecule has 2 amide bonds. The molecule has 1 saturated heterocycles. The predicted octanol–water partition coefficient (Wildman–Crippen LogP) is -1.58. The fourth-order valence-electron chi connectivity index (χ4n) is 1.17. The Morgan fingerprint density at radius 1 is 1.67 bits per heavy atom. The van der Waals surface area contributed by atoms with Crippen LogP contribution in [-0.2, 0) is 9.59 Å². The number of carbonyl (C=O) groups is 2. The van der Waals surface area contributed by atoms with Crippen LogP contribution in [0, 0.1) is 0 Å². The number of amides is 2. The second-order valence-electron chi connectivity index (χ2n) is 2.96. The molecule has 5 heteroatoms. The van der Waals surface area contributed by atoms with Crippen LogP contribution in [0.5, 0.6) is 0 Å². The molecule has 0 aromatic rings. The van der Waals surface area contributed by atoms with Gasteiger partial charge in [-0.2, -0.15) is 0 Å². The molecule has 1 atom stereocenters. The quantitative estimate of drug-likeness (QED) is 0.500. The second kappa shape index (κ2) is 3.53. The van der Waals surface area contributed by atoms with Gasteiger partial charge in [-0.1, -0.05) is 0 Å². The molecule has 1 aliphatic rings. The summed E-state index contributed by atoms with van der Waals surface area (Å²) < 4.78 is 0. The van der Waals surface area contributed by atoms with Crippen molar-refractivity contribution in [1.29, 1.82) is 0 Å². The van der Waals surface area contributed by atoms with Crippen LogP contribution < -0.4 is 11.5 Å². The number of carbonyl (C=O) groups excluding carboxylic acids is 2. The van der Waals surface area contributed by atoms with Crippen molar-refractivity contribution < 1.29 is 9.59 Å². The standard InChI is InChI=1S/C7H13N3O2/c8-5-4-10(7(5)12)3-1-2-6(9)11/h5H,1-4,8H2,(H2,9,11). The third-order valence-corrected chi connectivity index (χ3v) is 1.90. The lowest BCUT2D eigenvalue weighted by Gasteiger charge is -2.36. The molecule has 0 radical (unpaired) electrons. The Labute approximate surface area is 70.7 Å². The number of nitrogens with zero attached hydrogens (tertiary/aromatic N) is 1. The lowest BCUT2D eigenvalue weighted by Crippen LogP contribution is -2.60. The number of hydrogen-bond donors (Lipinski definition) is 2. The normalized spacial score (nSPS) is 22.2. The van der Waals surface area contributed by atoms with Crippen molar-refractivity contribution in [3.8, 4) is 0 Å². The highest BCUT2D eigenvalue weighted by molar-refractivity contribution is 5.87. The Bertz CT molecular complexity index is 205. The summed E-state index contributed by atoms with van der Waals surface area (Å²) in [6.45, 7) is 1.20. The van der Waals surface area contributed by atoms with Gasteiger partial charge >= 0.3 is 0 Å². The van der Waals surface area contributed by atoms with Gasteiger partial charge in [0.25, 0.3) is 0 Å². The Hall–Kier alpha value is -1.10. The van der Waals surface area contributed by atoms with E-state index in [0.29, 0.717) is 25.9 Å². The molecule has 0 spiro atoms. The first-order valence-electron chi connectivity index (χ1n) is 3.94. The monoisotopic (exact) mass is 171 g/mol. The van der Waals surface area contributed by atoms with Crippen molar-refractivity contribution in [2.45, 2.75) is 18.9 Å². The molecular formula is C7H13N3O2. The molecule has 1 aliphatic heterocycles. The average Bonchev–Trinajstić information content (AvgIpc) is 2.02. The van der Waals surface area contributed by atoms with Crippen LogP contribution in [0.2, 0.25) is 0 Å². The maximum absolute atomic E-state index is 10.9. The van der Waals surface area contributed by atoms with Crippen LogP contribution >= 0.6 is 0 Å². The summed E-state index contributed by atoms with van der Waals surface area (Å²) in [7, 11) is 0. The Balaban J connectivity index is 2.10. The van der Waals surface area contributed by atoms with Gasteiger partial charge in [-0.3, -0.25) is 9.59 Å². The average molecular weight is 171 g/mol. The van der Waals surface area contributed by atoms with Crippen LogP contribution in [0.4, 0.5) is 0 Å². The lowest BCUT2D eigenvalue weighted by molar-refractivity contribution is -0.142. The first-order chi connectivity index (χ1) is 5.61. The molecule has 0 saturated carbocycles. The van der Waals surface area contributed by atoms with Crippen molar-refractivity contribution in [1.82, 2.24) is 4.90 Å². The highest BCUT2D eigenvalue weighted by atomic mass is 16.2. The van der Waals surface area contributed by atoms with E-state index < -0.39 is 0 Å². The van der Waals surface area contributed by atoms with E-state index in [1.54, 1.807) is 4.90 Å². The molecule has 0 aliphatic carbocycles. The molecule has 1 heterocycles. The molecule has 4 N–H and O–H groups in total. The summed E-state index contributed by atoms with van der Waals surface area (Å²) in [5, 5.41) is 0. The van der Waals surface area contributed by atoms with Gasteiger partial charge in [0.1, 0.15) is 6.04 Å². The topological polar surface area (TPSA) is 89.4 Å². The maximum Gasteiger partial charge on any atom is 0.241 e. The predicted molar refractivity (Wildman–Crippen MR) is 43.0 cm³/mol. The van der Waals surface area contributed by atoms with Crippen LogP contribution in [0.1, 0.15) is 12.8 Å². The van der Waals surface area contributed by atoms with Crippen LogP contribution in [0.25, 0.3) is 0 Å². The Kier molecular flexibility index (Phi) is 2.65. The molecule has 5 nitrogen and oxygen atoms in total. The summed E-state index contributed by atoms with van der Waals surface area (Å²) in [4.78, 5) is 22.9. The minimum Gasteiger partial charge on any atom is -0.370 e. The van der Waals surface area contributed by atoms with Crippen LogP contribution in [0.3, 0.4) is 0 Å². The second-order valence-corrected chi connectivity index (χ2v) is 2.96. The van der Waals surface area contributed by atoms with E-state index >= 15 is 0 Å². The summed E-state index contributed by atoms with van der Waals surface area (Å²) in [6.07, 6.45) is 0.965. The van der Waals surface area contributed by atoms with Crippen molar-refractivity contribution in [3.63, 3.8) is 0 Å². The fourth-order valence-corrected chi connectivity index (χ4v) is 1.17. The van der Waals surface area contributed by atoms with Crippen molar-refractivity contribution >= 4 is 11.8 Å². The van der Waals surface area contributed by atoms with E-state index in [-0.39, 0.29) is 17.9 Å². The van der Waals surface area contributed by atoms with E-state index in [0.717, 1.165) is 0 Å². The number of hydrogen-bond acceptors (Lipinski definition) is 3. The van der Waals surface area contributed by atoms with Gasteiger partial charge in [-0.05, 0) is 6.42 Å². The van der Waals surface area contributed by atoms with Crippen molar-refractivity contribution in [2.24, 2.45) is 11.5 Å².